The highest BCUT2D eigenvalue weighted by molar-refractivity contribution is 7.99. The molecule has 0 aliphatic carbocycles. The number of rotatable bonds is 8. The van der Waals surface area contributed by atoms with E-state index < -0.39 is 5.97 Å². The van der Waals surface area contributed by atoms with Crippen LogP contribution in [0.5, 0.6) is 0 Å². The highest BCUT2D eigenvalue weighted by Crippen LogP contribution is 2.36. The van der Waals surface area contributed by atoms with Crippen LogP contribution in [-0.2, 0) is 11.2 Å². The zero-order chi connectivity index (χ0) is 25.8. The standard InChI is InChI=1S/C29H26ClN3O3S/c30-20-12-9-18(10-13-20)28-24(6-2-4-8-27(34)35)31-25-17-19(11-14-23(25)32-28)29(36)33-22-15-16-37-26-7-3-1-5-21(22)26/h1,3,5,7,9-14,17,22H,2,4,6,8,15-16H2,(H,33,36)(H,34,35)/t22-/m1/s1. The fraction of sp³-hybridized carbons (Fsp3) is 0.241. The van der Waals surface area contributed by atoms with Crippen LogP contribution < -0.4 is 5.32 Å². The molecule has 1 amide bonds. The lowest BCUT2D eigenvalue weighted by atomic mass is 10.0. The van der Waals surface area contributed by atoms with E-state index in [1.54, 1.807) is 12.1 Å². The molecule has 0 radical (unpaired) electrons. The third kappa shape index (κ3) is 5.95. The van der Waals surface area contributed by atoms with Crippen LogP contribution in [0.3, 0.4) is 0 Å². The zero-order valence-corrected chi connectivity index (χ0v) is 21.7. The van der Waals surface area contributed by atoms with Gasteiger partial charge in [0.2, 0.25) is 0 Å². The Hall–Kier alpha value is -3.42. The van der Waals surface area contributed by atoms with Gasteiger partial charge in [0.25, 0.3) is 5.91 Å². The minimum absolute atomic E-state index is 0.0243. The number of amides is 1. The molecule has 2 heterocycles. The Morgan fingerprint density at radius 2 is 1.81 bits per heavy atom. The lowest BCUT2D eigenvalue weighted by Crippen LogP contribution is -2.30. The maximum atomic E-state index is 13.2. The van der Waals surface area contributed by atoms with E-state index in [1.807, 2.05) is 54.2 Å². The molecule has 1 atom stereocenters. The van der Waals surface area contributed by atoms with Gasteiger partial charge in [-0.15, -0.1) is 11.8 Å². The van der Waals surface area contributed by atoms with E-state index in [0.29, 0.717) is 40.9 Å². The number of aromatic nitrogens is 2. The summed E-state index contributed by atoms with van der Waals surface area (Å²) in [6.45, 7) is 0. The van der Waals surface area contributed by atoms with Crippen LogP contribution in [0, 0.1) is 0 Å². The van der Waals surface area contributed by atoms with Gasteiger partial charge < -0.3 is 10.4 Å². The third-order valence-corrected chi connectivity index (χ3v) is 7.81. The van der Waals surface area contributed by atoms with Crippen LogP contribution >= 0.6 is 23.4 Å². The summed E-state index contributed by atoms with van der Waals surface area (Å²) in [7, 11) is 0. The Morgan fingerprint density at radius 3 is 2.62 bits per heavy atom. The minimum Gasteiger partial charge on any atom is -0.481 e. The van der Waals surface area contributed by atoms with Gasteiger partial charge in [-0.25, -0.2) is 9.97 Å². The predicted molar refractivity (Wildman–Crippen MR) is 147 cm³/mol. The summed E-state index contributed by atoms with van der Waals surface area (Å²) in [6, 6.07) is 21.0. The first-order valence-corrected chi connectivity index (χ1v) is 13.7. The molecular weight excluding hydrogens is 506 g/mol. The molecule has 8 heteroatoms. The molecule has 0 saturated carbocycles. The Labute approximate surface area is 224 Å². The predicted octanol–water partition coefficient (Wildman–Crippen LogP) is 6.71. The van der Waals surface area contributed by atoms with Gasteiger partial charge in [0, 0.05) is 33.2 Å². The highest BCUT2D eigenvalue weighted by atomic mass is 35.5. The molecule has 0 spiro atoms. The summed E-state index contributed by atoms with van der Waals surface area (Å²) < 4.78 is 0. The van der Waals surface area contributed by atoms with Crippen molar-refractivity contribution in [2.45, 2.75) is 43.0 Å². The average Bonchev–Trinajstić information content (AvgIpc) is 2.91. The Morgan fingerprint density at radius 1 is 1.00 bits per heavy atom. The lowest BCUT2D eigenvalue weighted by Gasteiger charge is -2.26. The summed E-state index contributed by atoms with van der Waals surface area (Å²) >= 11 is 7.90. The van der Waals surface area contributed by atoms with Crippen LogP contribution in [0.15, 0.2) is 71.6 Å². The Balaban J connectivity index is 1.43. The van der Waals surface area contributed by atoms with Crippen LogP contribution in [0.2, 0.25) is 5.02 Å². The zero-order valence-electron chi connectivity index (χ0n) is 20.1. The van der Waals surface area contributed by atoms with Gasteiger partial charge in [0.05, 0.1) is 28.5 Å². The number of benzene rings is 3. The largest absolute Gasteiger partial charge is 0.481 e. The summed E-state index contributed by atoms with van der Waals surface area (Å²) in [6.07, 6.45) is 2.81. The number of carbonyl (C=O) groups is 2. The number of nitrogens with zero attached hydrogens (tertiary/aromatic N) is 2. The van der Waals surface area contributed by atoms with Gasteiger partial charge in [-0.3, -0.25) is 9.59 Å². The molecule has 3 aromatic carbocycles. The van der Waals surface area contributed by atoms with Crippen molar-refractivity contribution in [2.24, 2.45) is 0 Å². The Kier molecular flexibility index (Phi) is 7.72. The lowest BCUT2D eigenvalue weighted by molar-refractivity contribution is -0.137. The second kappa shape index (κ2) is 11.3. The molecule has 6 nitrogen and oxygen atoms in total. The van der Waals surface area contributed by atoms with Crippen molar-refractivity contribution in [3.8, 4) is 11.3 Å². The molecule has 0 saturated heterocycles. The third-order valence-electron chi connectivity index (χ3n) is 6.43. The molecule has 0 unspecified atom stereocenters. The number of thioether (sulfide) groups is 1. The van der Waals surface area contributed by atoms with Crippen molar-refractivity contribution < 1.29 is 14.7 Å². The van der Waals surface area contributed by atoms with Gasteiger partial charge >= 0.3 is 5.97 Å². The molecule has 1 aromatic heterocycles. The molecule has 1 aliphatic rings. The van der Waals surface area contributed by atoms with E-state index in [0.717, 1.165) is 34.7 Å². The molecule has 1 aliphatic heterocycles. The number of fused-ring (bicyclic) bond motifs is 2. The van der Waals surface area contributed by atoms with Gasteiger partial charge in [0.15, 0.2) is 0 Å². The average molecular weight is 532 g/mol. The van der Waals surface area contributed by atoms with E-state index in [2.05, 4.69) is 17.4 Å². The number of aryl methyl sites for hydroxylation is 1. The van der Waals surface area contributed by atoms with E-state index in [4.69, 9.17) is 26.7 Å². The molecule has 0 fully saturated rings. The minimum atomic E-state index is -0.808. The fourth-order valence-electron chi connectivity index (χ4n) is 4.55. The highest BCUT2D eigenvalue weighted by Gasteiger charge is 2.23. The summed E-state index contributed by atoms with van der Waals surface area (Å²) in [5, 5.41) is 12.8. The number of nitrogens with one attached hydrogen (secondary N) is 1. The first-order valence-electron chi connectivity index (χ1n) is 12.3. The topological polar surface area (TPSA) is 92.2 Å². The molecule has 188 valence electrons. The van der Waals surface area contributed by atoms with Crippen molar-refractivity contribution in [3.05, 3.63) is 88.6 Å². The summed E-state index contributed by atoms with van der Waals surface area (Å²) in [5.74, 6) is 0.0155. The monoisotopic (exact) mass is 531 g/mol. The smallest absolute Gasteiger partial charge is 0.303 e. The van der Waals surface area contributed by atoms with Crippen LogP contribution in [-0.4, -0.2) is 32.7 Å². The first-order chi connectivity index (χ1) is 18.0. The van der Waals surface area contributed by atoms with E-state index in [9.17, 15) is 9.59 Å². The summed E-state index contributed by atoms with van der Waals surface area (Å²) in [5.41, 5.74) is 5.43. The van der Waals surface area contributed by atoms with Gasteiger partial charge in [-0.1, -0.05) is 41.9 Å². The molecule has 5 rings (SSSR count). The maximum absolute atomic E-state index is 13.2. The number of unbranched alkanes of at least 4 members (excludes halogenated alkanes) is 1. The molecule has 2 N–H and O–H groups in total. The number of hydrogen-bond donors (Lipinski definition) is 2. The quantitative estimate of drug-likeness (QED) is 0.245. The van der Waals surface area contributed by atoms with Crippen molar-refractivity contribution in [1.29, 1.82) is 0 Å². The van der Waals surface area contributed by atoms with E-state index in [-0.39, 0.29) is 18.4 Å². The van der Waals surface area contributed by atoms with Gasteiger partial charge in [-0.2, -0.15) is 0 Å². The SMILES string of the molecule is O=C(O)CCCCc1nc2cc(C(=O)N[C@@H]3CCSc4ccccc43)ccc2nc1-c1ccc(Cl)cc1. The van der Waals surface area contributed by atoms with Crippen LogP contribution in [0.25, 0.3) is 22.3 Å². The van der Waals surface area contributed by atoms with Crippen LogP contribution in [0.4, 0.5) is 0 Å². The van der Waals surface area contributed by atoms with Gasteiger partial charge in [0.1, 0.15) is 0 Å². The van der Waals surface area contributed by atoms with Crippen LogP contribution in [0.1, 0.15) is 53.3 Å². The van der Waals surface area contributed by atoms with Crippen molar-refractivity contribution in [1.82, 2.24) is 15.3 Å². The normalized spacial score (nSPS) is 14.8. The van der Waals surface area contributed by atoms with Crippen molar-refractivity contribution in [2.75, 3.05) is 5.75 Å². The molecule has 0 bridgehead atoms. The number of halogens is 1. The summed E-state index contributed by atoms with van der Waals surface area (Å²) in [4.78, 5) is 35.1. The fourth-order valence-corrected chi connectivity index (χ4v) is 5.80. The van der Waals surface area contributed by atoms with Crippen molar-refractivity contribution >= 4 is 46.3 Å². The number of carbonyl (C=O) groups excluding carboxylic acids is 1. The second-order valence-electron chi connectivity index (χ2n) is 9.03. The number of hydrogen-bond acceptors (Lipinski definition) is 5. The molecule has 37 heavy (non-hydrogen) atoms. The maximum Gasteiger partial charge on any atom is 0.303 e. The van der Waals surface area contributed by atoms with Crippen molar-refractivity contribution in [3.63, 3.8) is 0 Å². The van der Waals surface area contributed by atoms with E-state index >= 15 is 0 Å². The molecular formula is C29H26ClN3O3S. The number of carboxylic acid groups (broad SMARTS) is 1. The first kappa shape index (κ1) is 25.2. The van der Waals surface area contributed by atoms with E-state index in [1.165, 1.54) is 4.90 Å². The van der Waals surface area contributed by atoms with Gasteiger partial charge in [-0.05, 0) is 67.6 Å². The number of aliphatic carboxylic acids is 1. The Bertz CT molecular complexity index is 1460. The molecule has 4 aromatic rings. The second-order valence-corrected chi connectivity index (χ2v) is 10.6. The number of carboxylic acids is 1.